The summed E-state index contributed by atoms with van der Waals surface area (Å²) in [4.78, 5) is 19.5. The van der Waals surface area contributed by atoms with E-state index in [9.17, 15) is 9.59 Å². The second kappa shape index (κ2) is 6.60. The van der Waals surface area contributed by atoms with Gasteiger partial charge in [0.25, 0.3) is 0 Å². The summed E-state index contributed by atoms with van der Waals surface area (Å²) in [6.07, 6.45) is 2.19. The summed E-state index contributed by atoms with van der Waals surface area (Å²) in [5.74, 6) is -1.37. The largest absolute Gasteiger partial charge is 0.381 e. The Balaban J connectivity index is 0.000000211. The van der Waals surface area contributed by atoms with Gasteiger partial charge in [-0.25, -0.2) is 0 Å². The molecule has 0 aromatic carbocycles. The minimum Gasteiger partial charge on any atom is -0.381 e. The third-order valence-corrected chi connectivity index (χ3v) is 1.18. The molecule has 0 aromatic rings. The fraction of sp³-hybridized carbons (Fsp3) is 0.714. The molecule has 5 nitrogen and oxygen atoms in total. The molecule has 2 amide bonds. The van der Waals surface area contributed by atoms with Gasteiger partial charge in [0, 0.05) is 13.2 Å². The van der Waals surface area contributed by atoms with Gasteiger partial charge in [0.2, 0.25) is 11.8 Å². The third kappa shape index (κ3) is 8.90. The summed E-state index contributed by atoms with van der Waals surface area (Å²) in [5, 5.41) is 0. The summed E-state index contributed by atoms with van der Waals surface area (Å²) in [6.45, 7) is 2.00. The number of amides is 2. The molecule has 1 aliphatic rings. The van der Waals surface area contributed by atoms with E-state index in [-0.39, 0.29) is 6.42 Å². The van der Waals surface area contributed by atoms with Crippen LogP contribution < -0.4 is 11.5 Å². The van der Waals surface area contributed by atoms with Crippen molar-refractivity contribution < 1.29 is 14.3 Å². The van der Waals surface area contributed by atoms with Gasteiger partial charge in [-0.15, -0.1) is 0 Å². The van der Waals surface area contributed by atoms with Crippen molar-refractivity contribution in [1.82, 2.24) is 0 Å². The molecule has 1 saturated heterocycles. The van der Waals surface area contributed by atoms with Crippen LogP contribution in [0.3, 0.4) is 0 Å². The number of nitrogens with two attached hydrogens (primary N) is 2. The summed E-state index contributed by atoms with van der Waals surface area (Å²) in [5.41, 5.74) is 9.11. The standard InChI is InChI=1S/C4H8O.C3H6N2O2/c1-2-4-5-3-1;4-2(6)1-3(5)7/h1-4H2;1H2,(H2,4,6)(H2,5,7). The van der Waals surface area contributed by atoms with Crippen LogP contribution in [0.5, 0.6) is 0 Å². The zero-order valence-electron chi connectivity index (χ0n) is 6.91. The highest BCUT2D eigenvalue weighted by molar-refractivity contribution is 5.95. The Morgan fingerprint density at radius 1 is 1.08 bits per heavy atom. The van der Waals surface area contributed by atoms with Crippen LogP contribution in [0.2, 0.25) is 0 Å². The van der Waals surface area contributed by atoms with Gasteiger partial charge in [0.1, 0.15) is 6.42 Å². The van der Waals surface area contributed by atoms with Crippen molar-refractivity contribution in [3.8, 4) is 0 Å². The van der Waals surface area contributed by atoms with Gasteiger partial charge in [0.05, 0.1) is 0 Å². The van der Waals surface area contributed by atoms with Gasteiger partial charge < -0.3 is 16.2 Å². The van der Waals surface area contributed by atoms with Gasteiger partial charge in [-0.2, -0.15) is 0 Å². The molecule has 0 saturated carbocycles. The van der Waals surface area contributed by atoms with Crippen LogP contribution in [0.15, 0.2) is 0 Å². The van der Waals surface area contributed by atoms with Crippen LogP contribution in [-0.2, 0) is 14.3 Å². The smallest absolute Gasteiger partial charge is 0.226 e. The van der Waals surface area contributed by atoms with E-state index in [2.05, 4.69) is 11.5 Å². The molecule has 0 unspecified atom stereocenters. The molecule has 12 heavy (non-hydrogen) atoms. The summed E-state index contributed by atoms with van der Waals surface area (Å²) in [7, 11) is 0. The first-order valence-corrected chi connectivity index (χ1v) is 3.77. The van der Waals surface area contributed by atoms with Crippen molar-refractivity contribution in [3.63, 3.8) is 0 Å². The average molecular weight is 174 g/mol. The lowest BCUT2D eigenvalue weighted by atomic mass is 10.4. The molecular weight excluding hydrogens is 160 g/mol. The van der Waals surface area contributed by atoms with Gasteiger partial charge in [-0.1, -0.05) is 0 Å². The fourth-order valence-corrected chi connectivity index (χ4v) is 0.682. The number of carbonyl (C=O) groups is 2. The number of ether oxygens (including phenoxy) is 1. The monoisotopic (exact) mass is 174 g/mol. The van der Waals surface area contributed by atoms with Crippen LogP contribution in [0.25, 0.3) is 0 Å². The van der Waals surface area contributed by atoms with Crippen molar-refractivity contribution >= 4 is 11.8 Å². The lowest BCUT2D eigenvalue weighted by molar-refractivity contribution is -0.125. The first kappa shape index (κ1) is 10.9. The van der Waals surface area contributed by atoms with E-state index in [1.165, 1.54) is 12.8 Å². The van der Waals surface area contributed by atoms with E-state index in [1.807, 2.05) is 0 Å². The van der Waals surface area contributed by atoms with E-state index in [1.54, 1.807) is 0 Å². The molecule has 0 aromatic heterocycles. The van der Waals surface area contributed by atoms with E-state index in [4.69, 9.17) is 4.74 Å². The normalized spacial score (nSPS) is 14.7. The number of rotatable bonds is 2. The van der Waals surface area contributed by atoms with E-state index in [0.717, 1.165) is 13.2 Å². The van der Waals surface area contributed by atoms with E-state index < -0.39 is 11.8 Å². The Bertz CT molecular complexity index is 135. The van der Waals surface area contributed by atoms with Crippen molar-refractivity contribution in [3.05, 3.63) is 0 Å². The van der Waals surface area contributed by atoms with Gasteiger partial charge >= 0.3 is 0 Å². The predicted octanol–water partition coefficient (Wildman–Crippen LogP) is -0.856. The molecule has 0 aliphatic carbocycles. The minimum atomic E-state index is -0.687. The van der Waals surface area contributed by atoms with Crippen LogP contribution in [-0.4, -0.2) is 25.0 Å². The average Bonchev–Trinajstić information content (AvgIpc) is 2.36. The minimum absolute atomic E-state index is 0.361. The second-order valence-electron chi connectivity index (χ2n) is 2.43. The fourth-order valence-electron chi connectivity index (χ4n) is 0.682. The molecule has 0 radical (unpaired) electrons. The maximum absolute atomic E-state index is 9.73. The maximum Gasteiger partial charge on any atom is 0.226 e. The lowest BCUT2D eigenvalue weighted by Crippen LogP contribution is -2.21. The van der Waals surface area contributed by atoms with Crippen LogP contribution in [0, 0.1) is 0 Å². The quantitative estimate of drug-likeness (QED) is 0.533. The maximum atomic E-state index is 9.73. The van der Waals surface area contributed by atoms with Crippen molar-refractivity contribution in [2.24, 2.45) is 11.5 Å². The van der Waals surface area contributed by atoms with Crippen molar-refractivity contribution in [2.45, 2.75) is 19.3 Å². The van der Waals surface area contributed by atoms with Crippen LogP contribution in [0.4, 0.5) is 0 Å². The molecule has 1 heterocycles. The van der Waals surface area contributed by atoms with E-state index >= 15 is 0 Å². The Morgan fingerprint density at radius 3 is 1.58 bits per heavy atom. The molecule has 1 rings (SSSR count). The number of carbonyl (C=O) groups excluding carboxylic acids is 2. The Morgan fingerprint density at radius 2 is 1.50 bits per heavy atom. The second-order valence-corrected chi connectivity index (χ2v) is 2.43. The highest BCUT2D eigenvalue weighted by Gasteiger charge is 1.96. The number of hydrogen-bond donors (Lipinski definition) is 2. The van der Waals surface area contributed by atoms with Crippen LogP contribution in [0.1, 0.15) is 19.3 Å². The summed E-state index contributed by atoms with van der Waals surface area (Å²) >= 11 is 0. The molecule has 0 spiro atoms. The van der Waals surface area contributed by atoms with Gasteiger partial charge in [-0.3, -0.25) is 9.59 Å². The molecule has 4 N–H and O–H groups in total. The summed E-state index contributed by atoms with van der Waals surface area (Å²) < 4.78 is 4.94. The number of hydrogen-bond acceptors (Lipinski definition) is 3. The Labute approximate surface area is 71.0 Å². The zero-order chi connectivity index (χ0) is 9.40. The molecule has 1 fully saturated rings. The molecule has 0 atom stereocenters. The predicted molar refractivity (Wildman–Crippen MR) is 43.1 cm³/mol. The number of primary amides is 2. The van der Waals surface area contributed by atoms with Crippen molar-refractivity contribution in [1.29, 1.82) is 0 Å². The molecule has 0 bridgehead atoms. The highest BCUT2D eigenvalue weighted by Crippen LogP contribution is 1.98. The molecule has 5 heteroatoms. The first-order chi connectivity index (χ1) is 5.63. The van der Waals surface area contributed by atoms with E-state index in [0.29, 0.717) is 0 Å². The molecule has 1 aliphatic heterocycles. The third-order valence-electron chi connectivity index (χ3n) is 1.18. The summed E-state index contributed by atoms with van der Waals surface area (Å²) in [6, 6.07) is 0. The van der Waals surface area contributed by atoms with Crippen molar-refractivity contribution in [2.75, 3.05) is 13.2 Å². The Hall–Kier alpha value is -1.10. The topological polar surface area (TPSA) is 95.4 Å². The lowest BCUT2D eigenvalue weighted by Gasteiger charge is -1.82. The molecule has 70 valence electrons. The SMILES string of the molecule is C1CCOC1.NC(=O)CC(N)=O. The Kier molecular flexibility index (Phi) is 6.00. The first-order valence-electron chi connectivity index (χ1n) is 3.77. The highest BCUT2D eigenvalue weighted by atomic mass is 16.5. The molecular formula is C7H14N2O3. The zero-order valence-corrected chi connectivity index (χ0v) is 6.91. The van der Waals surface area contributed by atoms with Gasteiger partial charge in [0.15, 0.2) is 0 Å². The van der Waals surface area contributed by atoms with Crippen LogP contribution >= 0.6 is 0 Å². The van der Waals surface area contributed by atoms with Gasteiger partial charge in [-0.05, 0) is 12.8 Å².